The molecule has 7 rings (SSSR count). The third-order valence-corrected chi connectivity index (χ3v) is 10.1. The molecule has 0 N–H and O–H groups in total. The number of halogens is 2. The van der Waals surface area contributed by atoms with Crippen molar-refractivity contribution >= 4 is 17.4 Å². The molecule has 2 aromatic rings. The number of benzene rings is 1. The first-order valence-electron chi connectivity index (χ1n) is 14.5. The third kappa shape index (κ3) is 4.38. The fourth-order valence-electron chi connectivity index (χ4n) is 7.77. The van der Waals surface area contributed by atoms with Crippen LogP contribution >= 0.6 is 11.6 Å². The molecule has 9 heteroatoms. The van der Waals surface area contributed by atoms with Gasteiger partial charge in [0.1, 0.15) is 18.6 Å². The second-order valence-electron chi connectivity index (χ2n) is 12.1. The average Bonchev–Trinajstić information content (AvgIpc) is 3.50. The van der Waals surface area contributed by atoms with Gasteiger partial charge in [0.25, 0.3) is 0 Å². The van der Waals surface area contributed by atoms with Gasteiger partial charge in [-0.2, -0.15) is 15.2 Å². The van der Waals surface area contributed by atoms with Crippen LogP contribution in [0.1, 0.15) is 67.3 Å². The van der Waals surface area contributed by atoms with Crippen molar-refractivity contribution in [3.8, 4) is 12.1 Å². The summed E-state index contributed by atoms with van der Waals surface area (Å²) >= 11 is 6.56. The van der Waals surface area contributed by atoms with Crippen LogP contribution in [0.3, 0.4) is 0 Å². The van der Waals surface area contributed by atoms with Crippen molar-refractivity contribution in [1.82, 2.24) is 14.9 Å². The molecule has 5 aliphatic rings. The van der Waals surface area contributed by atoms with E-state index in [1.807, 2.05) is 12.1 Å². The maximum atomic E-state index is 14.4. The number of aromatic nitrogens is 2. The summed E-state index contributed by atoms with van der Waals surface area (Å²) in [7, 11) is 0. The number of nitrogens with zero attached hydrogens (tertiary/aromatic N) is 5. The summed E-state index contributed by atoms with van der Waals surface area (Å²) < 4.78 is 27.5. The highest BCUT2D eigenvalue weighted by Gasteiger charge is 2.50. The van der Waals surface area contributed by atoms with Crippen LogP contribution in [0.4, 0.5) is 10.2 Å². The van der Waals surface area contributed by atoms with Crippen molar-refractivity contribution in [2.24, 2.45) is 5.92 Å². The Morgan fingerprint density at radius 3 is 2.97 bits per heavy atom. The number of alkyl halides is 1. The highest BCUT2D eigenvalue weighted by Crippen LogP contribution is 2.49. The maximum absolute atomic E-state index is 14.4. The number of ether oxygens (including phenoxy) is 2. The van der Waals surface area contributed by atoms with Crippen molar-refractivity contribution in [2.75, 3.05) is 37.7 Å². The largest absolute Gasteiger partial charge is 0.461 e. The Morgan fingerprint density at radius 2 is 2.08 bits per heavy atom. The Bertz CT molecular complexity index is 1320. The van der Waals surface area contributed by atoms with Gasteiger partial charge < -0.3 is 14.4 Å². The number of fused-ring (bicyclic) bond motifs is 4. The molecule has 0 unspecified atom stereocenters. The van der Waals surface area contributed by atoms with Crippen molar-refractivity contribution < 1.29 is 13.9 Å². The Balaban J connectivity index is 1.24. The zero-order valence-electron chi connectivity index (χ0n) is 22.3. The lowest BCUT2D eigenvalue weighted by molar-refractivity contribution is -0.0730. The van der Waals surface area contributed by atoms with Gasteiger partial charge >= 0.3 is 6.01 Å². The van der Waals surface area contributed by atoms with E-state index >= 15 is 0 Å². The highest BCUT2D eigenvalue weighted by atomic mass is 35.5. The van der Waals surface area contributed by atoms with Crippen LogP contribution in [0.25, 0.3) is 0 Å². The van der Waals surface area contributed by atoms with Gasteiger partial charge in [-0.15, -0.1) is 0 Å². The molecule has 5 heterocycles. The summed E-state index contributed by atoms with van der Waals surface area (Å²) in [5.41, 5.74) is 3.54. The predicted octanol–water partition coefficient (Wildman–Crippen LogP) is 5.13. The van der Waals surface area contributed by atoms with Gasteiger partial charge in [-0.1, -0.05) is 30.2 Å². The second kappa shape index (κ2) is 9.87. The second-order valence-corrected chi connectivity index (χ2v) is 12.5. The molecule has 0 saturated carbocycles. The van der Waals surface area contributed by atoms with Gasteiger partial charge in [-0.3, -0.25) is 4.90 Å². The Kier molecular flexibility index (Phi) is 6.45. The number of anilines is 1. The standard InChI is InChI=1S/C30H35ClFN5O2/c31-25-7-3-6-24-22(25)8-10-30(24)14-26-23(18-39-30)27(36-11-2-1-5-20(15-33)16-36)35-28(34-26)38-19-29-9-4-12-37(29)17-21(32)13-29/h3,6-7,20-21H,1-2,4-5,8-14,16-19H2/t20-,21+,29-,30-/m0/s1. The van der Waals surface area contributed by atoms with E-state index in [1.54, 1.807) is 0 Å². The molecule has 7 nitrogen and oxygen atoms in total. The highest BCUT2D eigenvalue weighted by molar-refractivity contribution is 6.31. The molecular formula is C30H35ClFN5O2. The Labute approximate surface area is 234 Å². The summed E-state index contributed by atoms with van der Waals surface area (Å²) in [6, 6.07) is 8.92. The minimum atomic E-state index is -0.805. The molecule has 4 aliphatic heterocycles. The maximum Gasteiger partial charge on any atom is 0.318 e. The van der Waals surface area contributed by atoms with Crippen LogP contribution < -0.4 is 9.64 Å². The lowest BCUT2D eigenvalue weighted by Crippen LogP contribution is -2.43. The summed E-state index contributed by atoms with van der Waals surface area (Å²) in [5.74, 6) is 0.792. The van der Waals surface area contributed by atoms with E-state index in [9.17, 15) is 9.65 Å². The van der Waals surface area contributed by atoms with E-state index in [4.69, 9.17) is 31.0 Å². The van der Waals surface area contributed by atoms with Gasteiger partial charge in [0.2, 0.25) is 0 Å². The number of rotatable bonds is 4. The molecule has 4 atom stereocenters. The molecule has 0 radical (unpaired) electrons. The van der Waals surface area contributed by atoms with Gasteiger partial charge in [0.05, 0.1) is 35.4 Å². The van der Waals surface area contributed by atoms with Crippen LogP contribution in [0.15, 0.2) is 18.2 Å². The summed E-state index contributed by atoms with van der Waals surface area (Å²) in [5, 5.41) is 10.5. The van der Waals surface area contributed by atoms with Crippen LogP contribution in [0.5, 0.6) is 6.01 Å². The lowest BCUT2D eigenvalue weighted by Gasteiger charge is -2.37. The van der Waals surface area contributed by atoms with Gasteiger partial charge in [-0.05, 0) is 62.3 Å². The quantitative estimate of drug-likeness (QED) is 0.521. The number of hydrogen-bond donors (Lipinski definition) is 0. The van der Waals surface area contributed by atoms with Crippen LogP contribution in [-0.2, 0) is 29.8 Å². The molecule has 1 aliphatic carbocycles. The molecular weight excluding hydrogens is 517 g/mol. The molecule has 1 spiro atoms. The third-order valence-electron chi connectivity index (χ3n) is 9.77. The Morgan fingerprint density at radius 1 is 1.15 bits per heavy atom. The van der Waals surface area contributed by atoms with E-state index in [1.165, 1.54) is 5.56 Å². The molecule has 3 saturated heterocycles. The van der Waals surface area contributed by atoms with E-state index in [0.717, 1.165) is 85.7 Å². The van der Waals surface area contributed by atoms with Crippen molar-refractivity contribution in [3.05, 3.63) is 45.6 Å². The fraction of sp³-hybridized carbons (Fsp3) is 0.633. The normalized spacial score (nSPS) is 32.0. The van der Waals surface area contributed by atoms with E-state index < -0.39 is 11.8 Å². The minimum Gasteiger partial charge on any atom is -0.461 e. The molecule has 1 aromatic heterocycles. The van der Waals surface area contributed by atoms with Crippen molar-refractivity contribution in [2.45, 2.75) is 81.7 Å². The monoisotopic (exact) mass is 551 g/mol. The molecule has 39 heavy (non-hydrogen) atoms. The van der Waals surface area contributed by atoms with Gasteiger partial charge in [-0.25, -0.2) is 4.39 Å². The average molecular weight is 552 g/mol. The smallest absolute Gasteiger partial charge is 0.318 e. The molecule has 3 fully saturated rings. The van der Waals surface area contributed by atoms with Crippen molar-refractivity contribution in [1.29, 1.82) is 5.26 Å². The first-order valence-corrected chi connectivity index (χ1v) is 14.8. The predicted molar refractivity (Wildman–Crippen MR) is 146 cm³/mol. The zero-order valence-corrected chi connectivity index (χ0v) is 23.1. The summed E-state index contributed by atoms with van der Waals surface area (Å²) in [6.45, 7) is 3.70. The molecule has 0 bridgehead atoms. The Hall–Kier alpha value is -2.47. The SMILES string of the molecule is N#C[C@@H]1CCCCN(c2nc(OC[C@@]34CCCN3C[C@H](F)C4)nc3c2CO[C@@]2(CCc4c(Cl)cccc42)C3)C1. The van der Waals surface area contributed by atoms with Crippen LogP contribution in [0.2, 0.25) is 5.02 Å². The first kappa shape index (κ1) is 25.5. The van der Waals surface area contributed by atoms with E-state index in [2.05, 4.69) is 21.9 Å². The summed E-state index contributed by atoms with van der Waals surface area (Å²) in [6.07, 6.45) is 7.03. The van der Waals surface area contributed by atoms with Gasteiger partial charge in [0.15, 0.2) is 0 Å². The topological polar surface area (TPSA) is 74.5 Å². The minimum absolute atomic E-state index is 0.0342. The number of nitriles is 1. The molecule has 1 aromatic carbocycles. The van der Waals surface area contributed by atoms with E-state index in [0.29, 0.717) is 45.2 Å². The van der Waals surface area contributed by atoms with Crippen LogP contribution in [0, 0.1) is 17.2 Å². The van der Waals surface area contributed by atoms with Crippen LogP contribution in [-0.4, -0.2) is 59.4 Å². The molecule has 0 amide bonds. The lowest BCUT2D eigenvalue weighted by atomic mass is 9.87. The molecule has 206 valence electrons. The van der Waals surface area contributed by atoms with E-state index in [-0.39, 0.29) is 11.5 Å². The fourth-order valence-corrected chi connectivity index (χ4v) is 8.04. The number of hydrogen-bond acceptors (Lipinski definition) is 7. The van der Waals surface area contributed by atoms with Crippen molar-refractivity contribution in [3.63, 3.8) is 0 Å². The summed E-state index contributed by atoms with van der Waals surface area (Å²) in [4.78, 5) is 14.4. The zero-order chi connectivity index (χ0) is 26.6. The first-order chi connectivity index (χ1) is 19.0. The van der Waals surface area contributed by atoms with Gasteiger partial charge in [0, 0.05) is 43.1 Å².